The number of nitrogens with zero attached hydrogens (tertiary/aromatic N) is 2. The number of rotatable bonds is 4. The summed E-state index contributed by atoms with van der Waals surface area (Å²) in [6, 6.07) is 1.01. The number of hydrogen-bond acceptors (Lipinski definition) is 6. The lowest BCUT2D eigenvalue weighted by molar-refractivity contribution is -0.384. The molecule has 2 heterocycles. The third-order valence-electron chi connectivity index (χ3n) is 3.35. The van der Waals surface area contributed by atoms with Gasteiger partial charge >= 0.3 is 11.7 Å². The van der Waals surface area contributed by atoms with E-state index >= 15 is 0 Å². The molecule has 21 heavy (non-hydrogen) atoms. The summed E-state index contributed by atoms with van der Waals surface area (Å²) >= 11 is 0. The fourth-order valence-corrected chi connectivity index (χ4v) is 2.37. The van der Waals surface area contributed by atoms with Crippen LogP contribution in [0.25, 0.3) is 0 Å². The first-order valence-corrected chi connectivity index (χ1v) is 6.57. The number of aromatic nitrogens is 1. The lowest BCUT2D eigenvalue weighted by atomic mass is 9.94. The van der Waals surface area contributed by atoms with Crippen molar-refractivity contribution in [1.29, 1.82) is 0 Å². The van der Waals surface area contributed by atoms with E-state index in [1.54, 1.807) is 0 Å². The van der Waals surface area contributed by atoms with Crippen LogP contribution in [0.15, 0.2) is 12.3 Å². The van der Waals surface area contributed by atoms with Gasteiger partial charge in [-0.2, -0.15) is 0 Å². The van der Waals surface area contributed by atoms with Crippen molar-refractivity contribution < 1.29 is 19.6 Å². The zero-order valence-corrected chi connectivity index (χ0v) is 11.8. The van der Waals surface area contributed by atoms with Crippen LogP contribution in [0.4, 0.5) is 11.5 Å². The number of carbonyl (C=O) groups is 1. The number of anilines is 1. The van der Waals surface area contributed by atoms with Gasteiger partial charge in [-0.3, -0.25) is 10.1 Å². The molecule has 1 atom stereocenters. The van der Waals surface area contributed by atoms with Gasteiger partial charge in [0.05, 0.1) is 16.1 Å². The predicted octanol–water partition coefficient (Wildman–Crippen LogP) is 2.06. The second-order valence-electron chi connectivity index (χ2n) is 5.60. The summed E-state index contributed by atoms with van der Waals surface area (Å²) in [6.07, 6.45) is 2.51. The summed E-state index contributed by atoms with van der Waals surface area (Å²) in [4.78, 5) is 25.2. The van der Waals surface area contributed by atoms with Gasteiger partial charge in [0.1, 0.15) is 0 Å². The molecule has 8 heteroatoms. The molecule has 0 bridgehead atoms. The monoisotopic (exact) mass is 295 g/mol. The molecule has 0 aromatic carbocycles. The van der Waals surface area contributed by atoms with Gasteiger partial charge in [-0.15, -0.1) is 0 Å². The number of hydrogen-bond donors (Lipinski definition) is 2. The summed E-state index contributed by atoms with van der Waals surface area (Å²) in [6.45, 7) is 4.47. The summed E-state index contributed by atoms with van der Waals surface area (Å²) < 4.78 is 5.59. The van der Waals surface area contributed by atoms with Crippen molar-refractivity contribution in [2.75, 3.05) is 11.9 Å². The Balaban J connectivity index is 2.23. The zero-order chi connectivity index (χ0) is 15.6. The van der Waals surface area contributed by atoms with E-state index in [4.69, 9.17) is 9.84 Å². The van der Waals surface area contributed by atoms with Crippen molar-refractivity contribution in [2.45, 2.75) is 38.3 Å². The van der Waals surface area contributed by atoms with E-state index in [1.165, 1.54) is 0 Å². The van der Waals surface area contributed by atoms with Crippen LogP contribution in [0.1, 0.15) is 37.0 Å². The van der Waals surface area contributed by atoms with Crippen LogP contribution in [0.5, 0.6) is 0 Å². The van der Waals surface area contributed by atoms with E-state index in [-0.39, 0.29) is 28.7 Å². The number of nitrogens with one attached hydrogen (secondary N) is 1. The Morgan fingerprint density at radius 1 is 1.62 bits per heavy atom. The van der Waals surface area contributed by atoms with Gasteiger partial charge < -0.3 is 15.2 Å². The average molecular weight is 295 g/mol. The normalized spacial score (nSPS) is 20.8. The molecule has 1 unspecified atom stereocenters. The van der Waals surface area contributed by atoms with Crippen LogP contribution in [0.2, 0.25) is 0 Å². The molecule has 1 aromatic heterocycles. The minimum absolute atomic E-state index is 0.00405. The maximum absolute atomic E-state index is 11.1. The first kappa shape index (κ1) is 15.2. The highest BCUT2D eigenvalue weighted by atomic mass is 16.6. The summed E-state index contributed by atoms with van der Waals surface area (Å²) in [5.74, 6) is -1.16. The molecule has 2 rings (SSSR count). The molecule has 0 radical (unpaired) electrons. The van der Waals surface area contributed by atoms with Gasteiger partial charge in [-0.05, 0) is 26.7 Å². The lowest BCUT2D eigenvalue weighted by Gasteiger charge is -2.35. The van der Waals surface area contributed by atoms with Gasteiger partial charge in [0.15, 0.2) is 0 Å². The Hall–Kier alpha value is -2.22. The Kier molecular flexibility index (Phi) is 4.08. The molecule has 1 aliphatic rings. The quantitative estimate of drug-likeness (QED) is 0.645. The van der Waals surface area contributed by atoms with Gasteiger partial charge in [-0.1, -0.05) is 0 Å². The molecule has 2 N–H and O–H groups in total. The Bertz CT molecular complexity index is 573. The van der Waals surface area contributed by atoms with Crippen LogP contribution in [0, 0.1) is 10.1 Å². The molecule has 0 amide bonds. The Labute approximate surface area is 121 Å². The van der Waals surface area contributed by atoms with Crippen molar-refractivity contribution in [3.63, 3.8) is 0 Å². The minimum Gasteiger partial charge on any atom is -0.478 e. The lowest BCUT2D eigenvalue weighted by Crippen LogP contribution is -2.40. The Morgan fingerprint density at radius 2 is 2.33 bits per heavy atom. The van der Waals surface area contributed by atoms with E-state index in [1.807, 2.05) is 13.8 Å². The van der Waals surface area contributed by atoms with Crippen molar-refractivity contribution in [3.05, 3.63) is 27.9 Å². The standard InChI is InChI=1S/C13H17N3O5/c1-13(2)6-9(3-4-21-13)15-11-10(16(19)20)5-8(7-14-11)12(17)18/h5,7,9H,3-4,6H2,1-2H3,(H,14,15)(H,17,18). The van der Waals surface area contributed by atoms with Crippen molar-refractivity contribution in [2.24, 2.45) is 0 Å². The van der Waals surface area contributed by atoms with Gasteiger partial charge in [0.2, 0.25) is 5.82 Å². The fraction of sp³-hybridized carbons (Fsp3) is 0.538. The molecule has 0 saturated carbocycles. The van der Waals surface area contributed by atoms with Gasteiger partial charge in [-0.25, -0.2) is 9.78 Å². The number of aromatic carboxylic acids is 1. The van der Waals surface area contributed by atoms with Crippen LogP contribution in [0.3, 0.4) is 0 Å². The molecule has 1 aromatic rings. The predicted molar refractivity (Wildman–Crippen MR) is 74.5 cm³/mol. The highest BCUT2D eigenvalue weighted by Gasteiger charge is 2.30. The third kappa shape index (κ3) is 3.66. The zero-order valence-electron chi connectivity index (χ0n) is 11.8. The smallest absolute Gasteiger partial charge is 0.337 e. The molecule has 1 aliphatic heterocycles. The number of carboxylic acid groups (broad SMARTS) is 1. The Morgan fingerprint density at radius 3 is 2.90 bits per heavy atom. The van der Waals surface area contributed by atoms with E-state index in [9.17, 15) is 14.9 Å². The number of carboxylic acids is 1. The van der Waals surface area contributed by atoms with E-state index < -0.39 is 10.9 Å². The molecule has 1 fully saturated rings. The van der Waals surface area contributed by atoms with Crippen molar-refractivity contribution in [1.82, 2.24) is 4.98 Å². The SMILES string of the molecule is CC1(C)CC(Nc2ncc(C(=O)O)cc2[N+](=O)[O-])CCO1. The van der Waals surface area contributed by atoms with Crippen molar-refractivity contribution >= 4 is 17.5 Å². The highest BCUT2D eigenvalue weighted by Crippen LogP contribution is 2.29. The molecule has 114 valence electrons. The van der Waals surface area contributed by atoms with E-state index in [2.05, 4.69) is 10.3 Å². The molecular weight excluding hydrogens is 278 g/mol. The molecular formula is C13H17N3O5. The number of nitro groups is 1. The highest BCUT2D eigenvalue weighted by molar-refractivity contribution is 5.88. The fourth-order valence-electron chi connectivity index (χ4n) is 2.37. The summed E-state index contributed by atoms with van der Waals surface area (Å²) in [5, 5.41) is 23.0. The molecule has 1 saturated heterocycles. The molecule has 0 spiro atoms. The summed E-state index contributed by atoms with van der Waals surface area (Å²) in [7, 11) is 0. The van der Waals surface area contributed by atoms with Gasteiger partial charge in [0, 0.05) is 24.9 Å². The number of pyridine rings is 1. The second kappa shape index (κ2) is 5.65. The molecule has 0 aliphatic carbocycles. The summed E-state index contributed by atoms with van der Waals surface area (Å²) in [5.41, 5.74) is -0.843. The van der Waals surface area contributed by atoms with Gasteiger partial charge in [0.25, 0.3) is 0 Å². The van der Waals surface area contributed by atoms with E-state index in [0.717, 1.165) is 12.3 Å². The average Bonchev–Trinajstić information content (AvgIpc) is 2.37. The topological polar surface area (TPSA) is 115 Å². The van der Waals surface area contributed by atoms with Crippen LogP contribution in [-0.2, 0) is 4.74 Å². The first-order valence-electron chi connectivity index (χ1n) is 6.57. The van der Waals surface area contributed by atoms with Crippen molar-refractivity contribution in [3.8, 4) is 0 Å². The van der Waals surface area contributed by atoms with Crippen LogP contribution < -0.4 is 5.32 Å². The third-order valence-corrected chi connectivity index (χ3v) is 3.35. The second-order valence-corrected chi connectivity index (χ2v) is 5.60. The maximum Gasteiger partial charge on any atom is 0.337 e. The largest absolute Gasteiger partial charge is 0.478 e. The molecule has 8 nitrogen and oxygen atoms in total. The van der Waals surface area contributed by atoms with E-state index in [0.29, 0.717) is 19.4 Å². The minimum atomic E-state index is -1.25. The first-order chi connectivity index (χ1) is 9.78. The van der Waals surface area contributed by atoms with Crippen LogP contribution in [-0.4, -0.2) is 39.2 Å². The van der Waals surface area contributed by atoms with Crippen LogP contribution >= 0.6 is 0 Å². The number of ether oxygens (including phenoxy) is 1. The maximum atomic E-state index is 11.1.